The lowest BCUT2D eigenvalue weighted by Gasteiger charge is -2.10. The average Bonchev–Trinajstić information content (AvgIpc) is 2.42. The number of para-hydroxylation sites is 1. The minimum Gasteiger partial charge on any atom is -0.323 e. The molecule has 0 saturated carbocycles. The molecule has 2 rings (SSSR count). The van der Waals surface area contributed by atoms with E-state index in [1.165, 1.54) is 22.9 Å². The molecule has 0 aliphatic heterocycles. The molecule has 2 nitrogen and oxygen atoms in total. The predicted octanol–water partition coefficient (Wildman–Crippen LogP) is 5.34. The van der Waals surface area contributed by atoms with Gasteiger partial charge >= 0.3 is 0 Å². The fourth-order valence-corrected chi connectivity index (χ4v) is 3.20. The largest absolute Gasteiger partial charge is 0.323 e. The summed E-state index contributed by atoms with van der Waals surface area (Å²) in [7, 11) is 0. The molecule has 0 fully saturated rings. The predicted molar refractivity (Wildman–Crippen MR) is 91.7 cm³/mol. The molecule has 0 saturated heterocycles. The van der Waals surface area contributed by atoms with Crippen LogP contribution in [0.2, 0.25) is 10.0 Å². The number of hydrogen-bond donors (Lipinski definition) is 1. The number of carbonyl (C=O) groups is 1. The molecule has 0 atom stereocenters. The average molecular weight is 340 g/mol. The Hall–Kier alpha value is -1.16. The van der Waals surface area contributed by atoms with Gasteiger partial charge in [0.2, 0.25) is 5.91 Å². The Morgan fingerprint density at radius 3 is 2.43 bits per heavy atom. The van der Waals surface area contributed by atoms with Crippen molar-refractivity contribution in [2.75, 3.05) is 11.1 Å². The lowest BCUT2D eigenvalue weighted by atomic mass is 10.2. The fraction of sp³-hybridized carbons (Fsp3) is 0.188. The van der Waals surface area contributed by atoms with Crippen LogP contribution in [-0.2, 0) is 4.79 Å². The monoisotopic (exact) mass is 339 g/mol. The normalized spacial score (nSPS) is 10.5. The first-order valence-electron chi connectivity index (χ1n) is 6.41. The number of thioether (sulfide) groups is 1. The van der Waals surface area contributed by atoms with Gasteiger partial charge in [-0.25, -0.2) is 0 Å². The number of carbonyl (C=O) groups excluding carboxylic acids is 1. The Kier molecular flexibility index (Phi) is 5.57. The van der Waals surface area contributed by atoms with Crippen LogP contribution in [0.25, 0.3) is 0 Å². The Labute approximate surface area is 138 Å². The van der Waals surface area contributed by atoms with Gasteiger partial charge < -0.3 is 5.32 Å². The summed E-state index contributed by atoms with van der Waals surface area (Å²) in [5, 5.41) is 3.63. The molecule has 0 aliphatic rings. The van der Waals surface area contributed by atoms with E-state index < -0.39 is 0 Å². The third-order valence-corrected chi connectivity index (χ3v) is 4.72. The van der Waals surface area contributed by atoms with E-state index in [0.29, 0.717) is 21.5 Å². The highest BCUT2D eigenvalue weighted by atomic mass is 35.5. The molecule has 0 bridgehead atoms. The first kappa shape index (κ1) is 16.2. The highest BCUT2D eigenvalue weighted by Gasteiger charge is 2.10. The van der Waals surface area contributed by atoms with Gasteiger partial charge in [0, 0.05) is 4.90 Å². The number of anilines is 1. The molecule has 0 radical (unpaired) electrons. The van der Waals surface area contributed by atoms with Crippen LogP contribution in [0, 0.1) is 13.8 Å². The molecule has 1 N–H and O–H groups in total. The van der Waals surface area contributed by atoms with Crippen molar-refractivity contribution in [2.45, 2.75) is 18.7 Å². The smallest absolute Gasteiger partial charge is 0.234 e. The number of rotatable bonds is 4. The number of aryl methyl sites for hydroxylation is 2. The van der Waals surface area contributed by atoms with Crippen molar-refractivity contribution < 1.29 is 4.79 Å². The molecule has 21 heavy (non-hydrogen) atoms. The van der Waals surface area contributed by atoms with Crippen LogP contribution in [0.4, 0.5) is 5.69 Å². The summed E-state index contributed by atoms with van der Waals surface area (Å²) in [6.07, 6.45) is 0. The van der Waals surface area contributed by atoms with Crippen molar-refractivity contribution in [2.24, 2.45) is 0 Å². The van der Waals surface area contributed by atoms with Gasteiger partial charge in [-0.15, -0.1) is 11.8 Å². The number of amides is 1. The summed E-state index contributed by atoms with van der Waals surface area (Å²) >= 11 is 13.6. The molecule has 5 heteroatoms. The molecule has 2 aromatic carbocycles. The van der Waals surface area contributed by atoms with Crippen LogP contribution in [0.3, 0.4) is 0 Å². The number of halogens is 2. The van der Waals surface area contributed by atoms with Gasteiger partial charge in [0.05, 0.1) is 21.5 Å². The van der Waals surface area contributed by atoms with Gasteiger partial charge in [0.15, 0.2) is 0 Å². The number of hydrogen-bond acceptors (Lipinski definition) is 2. The van der Waals surface area contributed by atoms with E-state index in [9.17, 15) is 4.79 Å². The zero-order valence-electron chi connectivity index (χ0n) is 11.7. The van der Waals surface area contributed by atoms with Crippen LogP contribution in [-0.4, -0.2) is 11.7 Å². The summed E-state index contributed by atoms with van der Waals surface area (Å²) in [4.78, 5) is 13.1. The van der Waals surface area contributed by atoms with Crippen LogP contribution < -0.4 is 5.32 Å². The van der Waals surface area contributed by atoms with E-state index >= 15 is 0 Å². The lowest BCUT2D eigenvalue weighted by Crippen LogP contribution is -2.14. The Morgan fingerprint density at radius 2 is 1.81 bits per heavy atom. The van der Waals surface area contributed by atoms with Crippen molar-refractivity contribution in [1.29, 1.82) is 0 Å². The zero-order chi connectivity index (χ0) is 15.4. The Balaban J connectivity index is 1.99. The SMILES string of the molecule is Cc1ccc(SCC(=O)Nc2c(Cl)cccc2Cl)c(C)c1. The highest BCUT2D eigenvalue weighted by Crippen LogP contribution is 2.30. The number of benzene rings is 2. The Morgan fingerprint density at radius 1 is 1.14 bits per heavy atom. The minimum absolute atomic E-state index is 0.130. The molecule has 0 spiro atoms. The van der Waals surface area contributed by atoms with Crippen LogP contribution in [0.15, 0.2) is 41.3 Å². The molecular formula is C16H15Cl2NOS. The molecule has 2 aromatic rings. The van der Waals surface area contributed by atoms with Crippen LogP contribution in [0.1, 0.15) is 11.1 Å². The van der Waals surface area contributed by atoms with Gasteiger partial charge in [-0.3, -0.25) is 4.79 Å². The maximum absolute atomic E-state index is 12.0. The van der Waals surface area contributed by atoms with Gasteiger partial charge in [0.25, 0.3) is 0 Å². The molecule has 1 amide bonds. The summed E-state index contributed by atoms with van der Waals surface area (Å²) in [5.41, 5.74) is 2.85. The fourth-order valence-electron chi connectivity index (χ4n) is 1.90. The third-order valence-electron chi connectivity index (χ3n) is 2.92. The third kappa shape index (κ3) is 4.40. The van der Waals surface area contributed by atoms with Crippen molar-refractivity contribution in [3.05, 3.63) is 57.6 Å². The molecular weight excluding hydrogens is 325 g/mol. The van der Waals surface area contributed by atoms with E-state index in [1.807, 2.05) is 26.0 Å². The van der Waals surface area contributed by atoms with Crippen molar-refractivity contribution in [3.63, 3.8) is 0 Å². The summed E-state index contributed by atoms with van der Waals surface area (Å²) in [6, 6.07) is 11.3. The first-order chi connectivity index (χ1) is 9.97. The Bertz CT molecular complexity index is 653. The summed E-state index contributed by atoms with van der Waals surface area (Å²) < 4.78 is 0. The van der Waals surface area contributed by atoms with Gasteiger partial charge in [-0.05, 0) is 37.6 Å². The van der Waals surface area contributed by atoms with Crippen LogP contribution in [0.5, 0.6) is 0 Å². The van der Waals surface area contributed by atoms with E-state index in [1.54, 1.807) is 18.2 Å². The maximum atomic E-state index is 12.0. The van der Waals surface area contributed by atoms with Crippen molar-refractivity contribution >= 4 is 46.6 Å². The molecule has 0 heterocycles. The van der Waals surface area contributed by atoms with Crippen molar-refractivity contribution in [1.82, 2.24) is 0 Å². The van der Waals surface area contributed by atoms with E-state index in [4.69, 9.17) is 23.2 Å². The summed E-state index contributed by atoms with van der Waals surface area (Å²) in [6.45, 7) is 4.09. The molecule has 0 aliphatic carbocycles. The zero-order valence-corrected chi connectivity index (χ0v) is 14.1. The first-order valence-corrected chi connectivity index (χ1v) is 8.15. The minimum atomic E-state index is -0.130. The second-order valence-corrected chi connectivity index (χ2v) is 6.53. The standard InChI is InChI=1S/C16H15Cl2NOS/c1-10-6-7-14(11(2)8-10)21-9-15(20)19-16-12(17)4-3-5-13(16)18/h3-8H,9H2,1-2H3,(H,19,20). The van der Waals surface area contributed by atoms with Gasteiger partial charge in [0.1, 0.15) is 0 Å². The maximum Gasteiger partial charge on any atom is 0.234 e. The van der Waals surface area contributed by atoms with E-state index in [2.05, 4.69) is 11.4 Å². The van der Waals surface area contributed by atoms with E-state index in [-0.39, 0.29) is 5.91 Å². The van der Waals surface area contributed by atoms with E-state index in [0.717, 1.165) is 4.90 Å². The van der Waals surface area contributed by atoms with Crippen molar-refractivity contribution in [3.8, 4) is 0 Å². The second kappa shape index (κ2) is 7.21. The lowest BCUT2D eigenvalue weighted by molar-refractivity contribution is -0.113. The second-order valence-electron chi connectivity index (χ2n) is 4.70. The number of nitrogens with one attached hydrogen (secondary N) is 1. The topological polar surface area (TPSA) is 29.1 Å². The van der Waals surface area contributed by atoms with Gasteiger partial charge in [-0.2, -0.15) is 0 Å². The molecule has 0 aromatic heterocycles. The van der Waals surface area contributed by atoms with Gasteiger partial charge in [-0.1, -0.05) is 47.0 Å². The van der Waals surface area contributed by atoms with Crippen LogP contribution >= 0.6 is 35.0 Å². The highest BCUT2D eigenvalue weighted by molar-refractivity contribution is 8.00. The quantitative estimate of drug-likeness (QED) is 0.761. The molecule has 0 unspecified atom stereocenters. The molecule has 110 valence electrons. The summed E-state index contributed by atoms with van der Waals surface area (Å²) in [5.74, 6) is 0.181.